The molecule has 0 amide bonds. The molecule has 15 aromatic carbocycles. The summed E-state index contributed by atoms with van der Waals surface area (Å²) in [6, 6.07) is 121. The molecule has 0 aliphatic rings. The summed E-state index contributed by atoms with van der Waals surface area (Å²) in [6.07, 6.45) is 11.8. The molecule has 12 nitrogen and oxygen atoms in total. The number of benzene rings is 15. The molecule has 24 rings (SSSR count). The van der Waals surface area contributed by atoms with Gasteiger partial charge in [-0.3, -0.25) is 15.0 Å². The van der Waals surface area contributed by atoms with Crippen LogP contribution in [-0.2, 0) is 0 Å². The van der Waals surface area contributed by atoms with Gasteiger partial charge in [0.1, 0.15) is 0 Å². The van der Waals surface area contributed by atoms with Gasteiger partial charge in [-0.2, -0.15) is 15.8 Å². The normalized spacial score (nSPS) is 11.5. The van der Waals surface area contributed by atoms with Crippen molar-refractivity contribution in [2.45, 2.75) is 41.5 Å². The van der Waals surface area contributed by atoms with E-state index in [9.17, 15) is 15.8 Å². The lowest BCUT2D eigenvalue weighted by molar-refractivity contribution is 1.09. The average Bonchev–Trinajstić information content (AvgIpc) is 1.56. The molecule has 12 heteroatoms. The molecule has 0 unspecified atom stereocenters. The fraction of sp³-hybridized carbons (Fsp3) is 0.0526. The first-order valence-electron chi connectivity index (χ1n) is 42.4. The molecule has 0 saturated carbocycles. The van der Waals surface area contributed by atoms with Gasteiger partial charge in [0.15, 0.2) is 0 Å². The second-order valence-corrected chi connectivity index (χ2v) is 32.6. The number of pyridine rings is 3. The maximum absolute atomic E-state index is 10.3. The largest absolute Gasteiger partial charge is 0.307 e. The van der Waals surface area contributed by atoms with Crippen molar-refractivity contribution >= 4 is 131 Å². The Morgan fingerprint density at radius 3 is 0.738 bits per heavy atom. The summed E-state index contributed by atoms with van der Waals surface area (Å²) in [5.41, 5.74) is 34.5. The SMILES string of the molecule is Cc1cccc2c3ccccc3n(-c3cncc(-n4c5ccccc5c5cccc(C)c54)c3-c3ccc(C#N)cc3)c12.Cc1cccc2c3ccccc3n(-c3cncc(-n4c5ccccc5c5cccc(C)c54)c3-c3cccc(C#N)c3)c12.Cc1cccc2c3ccccc3n(-c3cncc(-n4c5ccccc5c5cccc(C)c54)c3-c3ccccc3C#N)c12. The highest BCUT2D eigenvalue weighted by atomic mass is 15.1. The van der Waals surface area contributed by atoms with Crippen LogP contribution in [0.3, 0.4) is 0 Å². The Kier molecular flexibility index (Phi) is 18.1. The average molecular weight is 1620 g/mol. The first kappa shape index (κ1) is 75.2. The number of fused-ring (bicyclic) bond motifs is 18. The van der Waals surface area contributed by atoms with Gasteiger partial charge in [-0.15, -0.1) is 0 Å². The number of para-hydroxylation sites is 12. The van der Waals surface area contributed by atoms with E-state index in [-0.39, 0.29) is 0 Å². The van der Waals surface area contributed by atoms with Gasteiger partial charge in [-0.1, -0.05) is 261 Å². The van der Waals surface area contributed by atoms with E-state index in [1.807, 2.05) is 85.7 Å². The molecule has 0 N–H and O–H groups in total. The molecule has 0 atom stereocenters. The van der Waals surface area contributed by atoms with Crippen molar-refractivity contribution in [3.8, 4) is 85.7 Å². The third-order valence-corrected chi connectivity index (χ3v) is 25.4. The lowest BCUT2D eigenvalue weighted by atomic mass is 9.97. The Balaban J connectivity index is 0.000000112. The van der Waals surface area contributed by atoms with Crippen LogP contribution in [0.5, 0.6) is 0 Å². The fourth-order valence-electron chi connectivity index (χ4n) is 20.1. The van der Waals surface area contributed by atoms with Crippen molar-refractivity contribution in [2.24, 2.45) is 0 Å². The summed E-state index contributed by atoms with van der Waals surface area (Å²) >= 11 is 0. The van der Waals surface area contributed by atoms with Crippen LogP contribution in [0.25, 0.3) is 198 Å². The van der Waals surface area contributed by atoms with Crippen molar-refractivity contribution in [2.75, 3.05) is 0 Å². The molecule has 126 heavy (non-hydrogen) atoms. The lowest BCUT2D eigenvalue weighted by Crippen LogP contribution is -2.06. The van der Waals surface area contributed by atoms with Crippen molar-refractivity contribution < 1.29 is 0 Å². The maximum Gasteiger partial charge on any atom is 0.0998 e. The number of aromatic nitrogens is 9. The summed E-state index contributed by atoms with van der Waals surface area (Å²) < 4.78 is 14.1. The second-order valence-electron chi connectivity index (χ2n) is 32.6. The fourth-order valence-corrected chi connectivity index (χ4v) is 20.1. The van der Waals surface area contributed by atoms with E-state index in [0.29, 0.717) is 16.7 Å². The molecule has 9 heterocycles. The van der Waals surface area contributed by atoms with Gasteiger partial charge in [0.05, 0.1) is 172 Å². The minimum Gasteiger partial charge on any atom is -0.307 e. The van der Waals surface area contributed by atoms with Gasteiger partial charge in [0, 0.05) is 86.9 Å². The lowest BCUT2D eigenvalue weighted by Gasteiger charge is -2.20. The van der Waals surface area contributed by atoms with Crippen LogP contribution in [0.4, 0.5) is 0 Å². The molecule has 0 radical (unpaired) electrons. The quantitative estimate of drug-likeness (QED) is 0.141. The number of nitriles is 3. The van der Waals surface area contributed by atoms with E-state index in [2.05, 4.69) is 366 Å². The van der Waals surface area contributed by atoms with Crippen molar-refractivity contribution in [3.63, 3.8) is 0 Å². The highest BCUT2D eigenvalue weighted by Gasteiger charge is 2.29. The van der Waals surface area contributed by atoms with Crippen molar-refractivity contribution in [1.29, 1.82) is 15.8 Å². The van der Waals surface area contributed by atoms with E-state index in [0.717, 1.165) is 123 Å². The van der Waals surface area contributed by atoms with Gasteiger partial charge < -0.3 is 27.4 Å². The number of nitrogens with zero attached hydrogens (tertiary/aromatic N) is 12. The van der Waals surface area contributed by atoms with E-state index in [4.69, 9.17) is 15.0 Å². The highest BCUT2D eigenvalue weighted by Crippen LogP contribution is 2.49. The van der Waals surface area contributed by atoms with Gasteiger partial charge >= 0.3 is 0 Å². The monoisotopic (exact) mass is 1610 g/mol. The third kappa shape index (κ3) is 11.7. The number of rotatable bonds is 9. The second kappa shape index (κ2) is 30.3. The molecule has 0 fully saturated rings. The molecular weight excluding hydrogens is 1540 g/mol. The van der Waals surface area contributed by atoms with E-state index >= 15 is 0 Å². The van der Waals surface area contributed by atoms with Crippen LogP contribution in [0.15, 0.2) is 365 Å². The molecule has 0 spiro atoms. The summed E-state index contributed by atoms with van der Waals surface area (Å²) in [7, 11) is 0. The number of hydrogen-bond acceptors (Lipinski definition) is 6. The number of hydrogen-bond donors (Lipinski definition) is 0. The van der Waals surface area contributed by atoms with Gasteiger partial charge in [-0.05, 0) is 153 Å². The van der Waals surface area contributed by atoms with E-state index in [1.54, 1.807) is 0 Å². The van der Waals surface area contributed by atoms with Crippen LogP contribution < -0.4 is 0 Å². The zero-order chi connectivity index (χ0) is 85.1. The molecule has 594 valence electrons. The zero-order valence-electron chi connectivity index (χ0n) is 70.0. The van der Waals surface area contributed by atoms with Gasteiger partial charge in [-0.25, -0.2) is 0 Å². The van der Waals surface area contributed by atoms with Crippen LogP contribution in [0, 0.1) is 75.5 Å². The topological polar surface area (TPSA) is 140 Å². The van der Waals surface area contributed by atoms with Crippen LogP contribution in [0.1, 0.15) is 50.1 Å². The minimum atomic E-state index is 0.623. The maximum atomic E-state index is 10.3. The third-order valence-electron chi connectivity index (χ3n) is 25.4. The molecule has 0 bridgehead atoms. The molecule has 0 saturated heterocycles. The smallest absolute Gasteiger partial charge is 0.0998 e. The summed E-state index contributed by atoms with van der Waals surface area (Å²) in [4.78, 5) is 14.7. The first-order valence-corrected chi connectivity index (χ1v) is 42.4. The van der Waals surface area contributed by atoms with Crippen LogP contribution in [0.2, 0.25) is 0 Å². The summed E-state index contributed by atoms with van der Waals surface area (Å²) in [5, 5.41) is 44.2. The van der Waals surface area contributed by atoms with Crippen LogP contribution >= 0.6 is 0 Å². The van der Waals surface area contributed by atoms with Gasteiger partial charge in [0.25, 0.3) is 0 Å². The Morgan fingerprint density at radius 1 is 0.206 bits per heavy atom. The predicted molar refractivity (Wildman–Crippen MR) is 518 cm³/mol. The Bertz CT molecular complexity index is 8380. The zero-order valence-corrected chi connectivity index (χ0v) is 70.0. The summed E-state index contributed by atoms with van der Waals surface area (Å²) in [6.45, 7) is 13.0. The Labute approximate surface area is 726 Å². The standard InChI is InChI=1S/3C38H26N4/c1-24-10-7-16-30-28-14-3-5-18-32(28)41(37(24)30)34-22-40-23-35(36(34)27-13-9-12-26(20-27)21-39)42-33-19-6-4-15-29(33)31-17-8-11-25(2)38(31)42;1-24-9-7-13-30-28-11-3-5-15-32(28)41(37(24)30)34-22-40-23-35(36(34)27-19-17-26(21-39)18-20-27)42-33-16-6-4-12-29(33)31-14-8-10-25(2)38(31)42;1-24-11-9-17-30-28-15-5-7-19-32(28)41(37(24)30)34-22-40-23-35(36(34)27-14-4-3-13-26(27)21-39)42-33-20-8-6-16-29(33)31-18-10-12-25(2)38(31)42/h3*3-20,22-23H,1-2H3. The van der Waals surface area contributed by atoms with Crippen molar-refractivity contribution in [3.05, 3.63) is 415 Å². The number of aryl methyl sites for hydroxylation is 6. The summed E-state index contributed by atoms with van der Waals surface area (Å²) in [5.74, 6) is 0. The Morgan fingerprint density at radius 2 is 0.452 bits per heavy atom. The highest BCUT2D eigenvalue weighted by molar-refractivity contribution is 6.17. The molecular formula is C114H78N12. The Hall–Kier alpha value is -17.0. The van der Waals surface area contributed by atoms with E-state index in [1.165, 1.54) is 109 Å². The van der Waals surface area contributed by atoms with Crippen LogP contribution in [-0.4, -0.2) is 42.4 Å². The minimum absolute atomic E-state index is 0.623. The first-order chi connectivity index (χ1) is 62.0. The predicted octanol–water partition coefficient (Wildman–Crippen LogP) is 28.3. The molecule has 24 aromatic rings. The molecule has 0 aliphatic heterocycles. The molecule has 0 aliphatic carbocycles. The molecule has 9 aromatic heterocycles. The van der Waals surface area contributed by atoms with Crippen molar-refractivity contribution in [1.82, 2.24) is 42.4 Å². The van der Waals surface area contributed by atoms with Gasteiger partial charge in [0.2, 0.25) is 0 Å². The van der Waals surface area contributed by atoms with E-state index < -0.39 is 0 Å².